The summed E-state index contributed by atoms with van der Waals surface area (Å²) in [6, 6.07) is 6.78. The highest BCUT2D eigenvalue weighted by molar-refractivity contribution is 9.10. The minimum absolute atomic E-state index is 0.286. The molecule has 1 aliphatic rings. The molecule has 0 nitrogen and oxygen atoms in total. The second-order valence-electron chi connectivity index (χ2n) is 6.40. The van der Waals surface area contributed by atoms with Crippen LogP contribution in [0.5, 0.6) is 0 Å². The molecule has 0 bridgehead atoms. The molecule has 0 spiro atoms. The van der Waals surface area contributed by atoms with Gasteiger partial charge in [0, 0.05) is 4.47 Å². The van der Waals surface area contributed by atoms with E-state index < -0.39 is 0 Å². The van der Waals surface area contributed by atoms with Crippen molar-refractivity contribution in [3.05, 3.63) is 33.8 Å². The Balaban J connectivity index is 2.68. The van der Waals surface area contributed by atoms with Gasteiger partial charge < -0.3 is 0 Å². The summed E-state index contributed by atoms with van der Waals surface area (Å²) in [5.41, 5.74) is 3.64. The van der Waals surface area contributed by atoms with E-state index in [1.54, 1.807) is 0 Å². The van der Waals surface area contributed by atoms with Crippen molar-refractivity contribution in [2.24, 2.45) is 5.92 Å². The molecule has 2 rings (SSSR count). The van der Waals surface area contributed by atoms with Crippen LogP contribution < -0.4 is 0 Å². The van der Waals surface area contributed by atoms with Crippen molar-refractivity contribution in [3.63, 3.8) is 0 Å². The number of halogens is 1. The smallest absolute Gasteiger partial charge is 0.0178 e. The van der Waals surface area contributed by atoms with Gasteiger partial charge in [-0.2, -0.15) is 0 Å². The van der Waals surface area contributed by atoms with Gasteiger partial charge in [-0.1, -0.05) is 56.6 Å². The molecule has 0 amide bonds. The maximum atomic E-state index is 3.60. The summed E-state index contributed by atoms with van der Waals surface area (Å²) >= 11 is 3.60. The summed E-state index contributed by atoms with van der Waals surface area (Å²) in [6.07, 6.45) is 1.27. The molecular formula is C15H21Br. The first kappa shape index (κ1) is 12.2. The molecule has 1 heteroatoms. The maximum Gasteiger partial charge on any atom is 0.0178 e. The third-order valence-electron chi connectivity index (χ3n) is 4.45. The minimum Gasteiger partial charge on any atom is -0.0616 e. The number of rotatable bonds is 0. The van der Waals surface area contributed by atoms with Gasteiger partial charge in [0.2, 0.25) is 0 Å². The van der Waals surface area contributed by atoms with Gasteiger partial charge in [0.05, 0.1) is 0 Å². The predicted molar refractivity (Wildman–Crippen MR) is 74.0 cm³/mol. The molecule has 1 unspecified atom stereocenters. The lowest BCUT2D eigenvalue weighted by molar-refractivity contribution is 0.233. The SMILES string of the molecule is CC1CC(C)(C)c2ccc(Br)cc2C1(C)C. The standard InChI is InChI=1S/C15H21Br/c1-10-9-14(2,3)12-7-6-11(16)8-13(12)15(10,4)5/h6-8,10H,9H2,1-5H3. The summed E-state index contributed by atoms with van der Waals surface area (Å²) in [5.74, 6) is 0.726. The van der Waals surface area contributed by atoms with Crippen LogP contribution in [0.15, 0.2) is 22.7 Å². The molecule has 1 aliphatic carbocycles. The molecule has 0 N–H and O–H groups in total. The minimum atomic E-state index is 0.286. The summed E-state index contributed by atoms with van der Waals surface area (Å²) in [5, 5.41) is 0. The van der Waals surface area contributed by atoms with E-state index in [0.717, 1.165) is 5.92 Å². The van der Waals surface area contributed by atoms with E-state index in [1.807, 2.05) is 0 Å². The van der Waals surface area contributed by atoms with Crippen LogP contribution in [-0.4, -0.2) is 0 Å². The lowest BCUT2D eigenvalue weighted by Gasteiger charge is -2.46. The molecule has 88 valence electrons. The summed E-state index contributed by atoms with van der Waals surface area (Å²) in [7, 11) is 0. The third-order valence-corrected chi connectivity index (χ3v) is 4.95. The molecule has 0 aromatic heterocycles. The van der Waals surface area contributed by atoms with Crippen molar-refractivity contribution in [3.8, 4) is 0 Å². The number of fused-ring (bicyclic) bond motifs is 1. The second kappa shape index (κ2) is 3.60. The number of benzene rings is 1. The molecule has 0 saturated heterocycles. The van der Waals surface area contributed by atoms with Crippen molar-refractivity contribution in [2.45, 2.75) is 51.9 Å². The molecule has 1 atom stereocenters. The van der Waals surface area contributed by atoms with Crippen molar-refractivity contribution in [1.82, 2.24) is 0 Å². The summed E-state index contributed by atoms with van der Waals surface area (Å²) in [6.45, 7) is 11.9. The molecular weight excluding hydrogens is 260 g/mol. The van der Waals surface area contributed by atoms with Crippen molar-refractivity contribution in [1.29, 1.82) is 0 Å². The number of hydrogen-bond acceptors (Lipinski definition) is 0. The van der Waals surface area contributed by atoms with Crippen molar-refractivity contribution >= 4 is 15.9 Å². The first-order chi connectivity index (χ1) is 7.25. The Bertz CT molecular complexity index is 415. The van der Waals surface area contributed by atoms with Crippen LogP contribution in [0.4, 0.5) is 0 Å². The van der Waals surface area contributed by atoms with Crippen LogP contribution in [-0.2, 0) is 10.8 Å². The fourth-order valence-corrected chi connectivity index (χ4v) is 3.40. The Labute approximate surface area is 108 Å². The van der Waals surface area contributed by atoms with Gasteiger partial charge in [-0.15, -0.1) is 0 Å². The highest BCUT2D eigenvalue weighted by Crippen LogP contribution is 2.49. The van der Waals surface area contributed by atoms with Crippen LogP contribution in [0.2, 0.25) is 0 Å². The van der Waals surface area contributed by atoms with Crippen molar-refractivity contribution in [2.75, 3.05) is 0 Å². The lowest BCUT2D eigenvalue weighted by atomic mass is 9.58. The monoisotopic (exact) mass is 280 g/mol. The average molecular weight is 281 g/mol. The maximum absolute atomic E-state index is 3.60. The zero-order valence-electron chi connectivity index (χ0n) is 10.9. The van der Waals surface area contributed by atoms with Crippen LogP contribution >= 0.6 is 15.9 Å². The fraction of sp³-hybridized carbons (Fsp3) is 0.600. The molecule has 0 saturated carbocycles. The van der Waals surface area contributed by atoms with Gasteiger partial charge >= 0.3 is 0 Å². The average Bonchev–Trinajstić information content (AvgIpc) is 2.14. The predicted octanol–water partition coefficient (Wildman–Crippen LogP) is 5.04. The molecule has 1 aromatic carbocycles. The van der Waals surface area contributed by atoms with E-state index in [0.29, 0.717) is 5.41 Å². The Kier molecular flexibility index (Phi) is 2.73. The quantitative estimate of drug-likeness (QED) is 0.624. The summed E-state index contributed by atoms with van der Waals surface area (Å²) in [4.78, 5) is 0. The van der Waals surface area contributed by atoms with Gasteiger partial charge in [0.25, 0.3) is 0 Å². The van der Waals surface area contributed by atoms with Gasteiger partial charge in [-0.25, -0.2) is 0 Å². The normalized spacial score (nSPS) is 26.2. The zero-order chi connectivity index (χ0) is 12.1. The molecule has 16 heavy (non-hydrogen) atoms. The van der Waals surface area contributed by atoms with Crippen LogP contribution in [0, 0.1) is 5.92 Å². The Morgan fingerprint density at radius 3 is 2.38 bits per heavy atom. The fourth-order valence-electron chi connectivity index (χ4n) is 3.04. The molecule has 1 aromatic rings. The molecule has 0 aliphatic heterocycles. The van der Waals surface area contributed by atoms with Crippen LogP contribution in [0.3, 0.4) is 0 Å². The first-order valence-electron chi connectivity index (χ1n) is 6.05. The third kappa shape index (κ3) is 1.73. The highest BCUT2D eigenvalue weighted by atomic mass is 79.9. The van der Waals surface area contributed by atoms with E-state index in [9.17, 15) is 0 Å². The number of hydrogen-bond donors (Lipinski definition) is 0. The lowest BCUT2D eigenvalue weighted by Crippen LogP contribution is -2.40. The molecule has 0 heterocycles. The van der Waals surface area contributed by atoms with Gasteiger partial charge in [0.1, 0.15) is 0 Å². The highest BCUT2D eigenvalue weighted by Gasteiger charge is 2.41. The van der Waals surface area contributed by atoms with Crippen LogP contribution in [0.1, 0.15) is 52.2 Å². The Morgan fingerprint density at radius 2 is 1.75 bits per heavy atom. The summed E-state index contributed by atoms with van der Waals surface area (Å²) < 4.78 is 1.20. The Hall–Kier alpha value is -0.300. The molecule has 0 fully saturated rings. The van der Waals surface area contributed by atoms with E-state index in [4.69, 9.17) is 0 Å². The second-order valence-corrected chi connectivity index (χ2v) is 7.32. The van der Waals surface area contributed by atoms with Crippen LogP contribution in [0.25, 0.3) is 0 Å². The van der Waals surface area contributed by atoms with E-state index in [-0.39, 0.29) is 5.41 Å². The van der Waals surface area contributed by atoms with Gasteiger partial charge in [-0.05, 0) is 46.4 Å². The van der Waals surface area contributed by atoms with E-state index in [1.165, 1.54) is 22.0 Å². The van der Waals surface area contributed by atoms with Crippen molar-refractivity contribution < 1.29 is 0 Å². The Morgan fingerprint density at radius 1 is 1.12 bits per heavy atom. The van der Waals surface area contributed by atoms with Gasteiger partial charge in [0.15, 0.2) is 0 Å². The topological polar surface area (TPSA) is 0 Å². The molecule has 0 radical (unpaired) electrons. The van der Waals surface area contributed by atoms with Gasteiger partial charge in [-0.3, -0.25) is 0 Å². The largest absolute Gasteiger partial charge is 0.0616 e. The van der Waals surface area contributed by atoms with E-state index >= 15 is 0 Å². The van der Waals surface area contributed by atoms with E-state index in [2.05, 4.69) is 68.7 Å². The zero-order valence-corrected chi connectivity index (χ0v) is 12.5. The first-order valence-corrected chi connectivity index (χ1v) is 6.85.